The van der Waals surface area contributed by atoms with Gasteiger partial charge in [-0.05, 0) is 17.9 Å². The Morgan fingerprint density at radius 1 is 1.47 bits per heavy atom. The molecule has 106 valence electrons. The van der Waals surface area contributed by atoms with Gasteiger partial charge in [-0.2, -0.15) is 11.8 Å². The van der Waals surface area contributed by atoms with E-state index in [1.807, 2.05) is 6.26 Å². The molecule has 0 radical (unpaired) electrons. The van der Waals surface area contributed by atoms with Crippen molar-refractivity contribution in [2.24, 2.45) is 5.73 Å². The van der Waals surface area contributed by atoms with Crippen molar-refractivity contribution in [2.45, 2.75) is 5.75 Å². The van der Waals surface area contributed by atoms with Crippen LogP contribution in [0.2, 0.25) is 0 Å². The fourth-order valence-corrected chi connectivity index (χ4v) is 3.38. The molecule has 19 heavy (non-hydrogen) atoms. The van der Waals surface area contributed by atoms with Gasteiger partial charge < -0.3 is 5.73 Å². The number of rotatable bonds is 7. The van der Waals surface area contributed by atoms with Crippen molar-refractivity contribution in [3.63, 3.8) is 0 Å². The van der Waals surface area contributed by atoms with Gasteiger partial charge in [-0.1, -0.05) is 30.4 Å². The zero-order valence-electron chi connectivity index (χ0n) is 11.0. The summed E-state index contributed by atoms with van der Waals surface area (Å²) in [6.07, 6.45) is 1.95. The minimum atomic E-state index is -3.29. The van der Waals surface area contributed by atoms with E-state index in [4.69, 9.17) is 18.0 Å². The van der Waals surface area contributed by atoms with E-state index in [1.54, 1.807) is 43.1 Å². The van der Waals surface area contributed by atoms with E-state index in [9.17, 15) is 8.42 Å². The summed E-state index contributed by atoms with van der Waals surface area (Å²) in [7, 11) is -1.69. The molecular formula is C12H18N2O2S3. The molecule has 0 unspecified atom stereocenters. The smallest absolute Gasteiger partial charge is 0.218 e. The molecule has 0 aliphatic carbocycles. The summed E-state index contributed by atoms with van der Waals surface area (Å²) < 4.78 is 25.7. The molecule has 0 heterocycles. The molecule has 0 fully saturated rings. The Balaban J connectivity index is 2.83. The number of hydrogen-bond donors (Lipinski definition) is 1. The molecule has 2 N–H and O–H groups in total. The highest BCUT2D eigenvalue weighted by atomic mass is 32.2. The number of sulfonamides is 1. The van der Waals surface area contributed by atoms with Crippen LogP contribution in [0.3, 0.4) is 0 Å². The summed E-state index contributed by atoms with van der Waals surface area (Å²) in [6.45, 7) is 0.512. The summed E-state index contributed by atoms with van der Waals surface area (Å²) >= 11 is 6.51. The number of nitrogens with two attached hydrogens (primary N) is 1. The number of nitrogens with zero attached hydrogens (tertiary/aromatic N) is 1. The van der Waals surface area contributed by atoms with Crippen LogP contribution in [0, 0.1) is 0 Å². The SMILES string of the molecule is CSCCN(C)S(=O)(=O)Cc1cccc(C(N)=S)c1. The van der Waals surface area contributed by atoms with Crippen LogP contribution in [0.5, 0.6) is 0 Å². The first-order chi connectivity index (χ1) is 8.86. The molecule has 0 aromatic heterocycles. The quantitative estimate of drug-likeness (QED) is 0.771. The van der Waals surface area contributed by atoms with Gasteiger partial charge in [0.15, 0.2) is 0 Å². The Labute approximate surface area is 124 Å². The molecule has 4 nitrogen and oxygen atoms in total. The number of thiocarbonyl (C=S) groups is 1. The van der Waals surface area contributed by atoms with Crippen molar-refractivity contribution in [1.82, 2.24) is 4.31 Å². The van der Waals surface area contributed by atoms with Gasteiger partial charge in [0.25, 0.3) is 0 Å². The minimum absolute atomic E-state index is 0.0334. The zero-order valence-corrected chi connectivity index (χ0v) is 13.4. The summed E-state index contributed by atoms with van der Waals surface area (Å²) in [5.41, 5.74) is 6.93. The van der Waals surface area contributed by atoms with Gasteiger partial charge in [-0.3, -0.25) is 0 Å². The predicted octanol–water partition coefficient (Wildman–Crippen LogP) is 1.45. The molecule has 7 heteroatoms. The number of thioether (sulfide) groups is 1. The van der Waals surface area contributed by atoms with Crippen LogP contribution in [0.15, 0.2) is 24.3 Å². The Kier molecular flexibility index (Phi) is 6.25. The highest BCUT2D eigenvalue weighted by Gasteiger charge is 2.18. The van der Waals surface area contributed by atoms with E-state index < -0.39 is 10.0 Å². The maximum Gasteiger partial charge on any atom is 0.218 e. The fraction of sp³-hybridized carbons (Fsp3) is 0.417. The van der Waals surface area contributed by atoms with Gasteiger partial charge in [-0.25, -0.2) is 12.7 Å². The van der Waals surface area contributed by atoms with Crippen molar-refractivity contribution in [2.75, 3.05) is 25.6 Å². The van der Waals surface area contributed by atoms with Gasteiger partial charge in [-0.15, -0.1) is 0 Å². The van der Waals surface area contributed by atoms with Crippen LogP contribution in [0.4, 0.5) is 0 Å². The summed E-state index contributed by atoms with van der Waals surface area (Å²) in [4.78, 5) is 0.273. The Bertz CT molecular complexity index is 544. The van der Waals surface area contributed by atoms with Crippen LogP contribution in [-0.4, -0.2) is 43.3 Å². The molecule has 0 atom stereocenters. The van der Waals surface area contributed by atoms with Crippen LogP contribution in [0.25, 0.3) is 0 Å². The third-order valence-electron chi connectivity index (χ3n) is 2.65. The van der Waals surface area contributed by atoms with Crippen molar-refractivity contribution in [3.05, 3.63) is 35.4 Å². The van der Waals surface area contributed by atoms with E-state index in [1.165, 1.54) is 4.31 Å². The lowest BCUT2D eigenvalue weighted by Gasteiger charge is -2.16. The fourth-order valence-electron chi connectivity index (χ4n) is 1.49. The van der Waals surface area contributed by atoms with Gasteiger partial charge in [0.05, 0.1) is 5.75 Å². The highest BCUT2D eigenvalue weighted by molar-refractivity contribution is 7.98. The first-order valence-corrected chi connectivity index (χ1v) is 9.09. The summed E-state index contributed by atoms with van der Waals surface area (Å²) in [5.74, 6) is 0.747. The average Bonchev–Trinajstić information content (AvgIpc) is 2.35. The second-order valence-corrected chi connectivity index (χ2v) is 7.64. The van der Waals surface area contributed by atoms with Crippen LogP contribution < -0.4 is 5.73 Å². The largest absolute Gasteiger partial charge is 0.389 e. The molecule has 0 amide bonds. The molecule has 1 aromatic carbocycles. The van der Waals surface area contributed by atoms with E-state index in [2.05, 4.69) is 0 Å². The standard InChI is InChI=1S/C12H18N2O2S3/c1-14(6-7-18-2)19(15,16)9-10-4-3-5-11(8-10)12(13)17/h3-5,8H,6-7,9H2,1-2H3,(H2,13,17). The van der Waals surface area contributed by atoms with Crippen LogP contribution in [0.1, 0.15) is 11.1 Å². The topological polar surface area (TPSA) is 63.4 Å². The summed E-state index contributed by atoms with van der Waals surface area (Å²) in [6, 6.07) is 7.03. The first kappa shape index (κ1) is 16.4. The second kappa shape index (κ2) is 7.23. The molecule has 1 aromatic rings. The average molecular weight is 318 g/mol. The molecule has 0 bridgehead atoms. The van der Waals surface area contributed by atoms with Crippen LogP contribution in [-0.2, 0) is 15.8 Å². The first-order valence-electron chi connectivity index (χ1n) is 5.68. The third-order valence-corrected chi connectivity index (χ3v) is 5.30. The lowest BCUT2D eigenvalue weighted by atomic mass is 10.1. The van der Waals surface area contributed by atoms with Crippen LogP contribution >= 0.6 is 24.0 Å². The van der Waals surface area contributed by atoms with Crippen molar-refractivity contribution >= 4 is 39.0 Å². The van der Waals surface area contributed by atoms with Crippen molar-refractivity contribution < 1.29 is 8.42 Å². The molecule has 1 rings (SSSR count). The van der Waals surface area contributed by atoms with E-state index in [0.29, 0.717) is 17.7 Å². The maximum absolute atomic E-state index is 12.1. The lowest BCUT2D eigenvalue weighted by molar-refractivity contribution is 0.488. The molecule has 0 saturated heterocycles. The third kappa shape index (κ3) is 5.10. The number of hydrogen-bond acceptors (Lipinski definition) is 4. The highest BCUT2D eigenvalue weighted by Crippen LogP contribution is 2.12. The van der Waals surface area contributed by atoms with Gasteiger partial charge in [0.2, 0.25) is 10.0 Å². The van der Waals surface area contributed by atoms with Gasteiger partial charge in [0, 0.05) is 24.9 Å². The molecule has 0 saturated carbocycles. The molecule has 0 aliphatic rings. The molecular weight excluding hydrogens is 300 g/mol. The number of benzene rings is 1. The normalized spacial score (nSPS) is 11.7. The minimum Gasteiger partial charge on any atom is -0.389 e. The van der Waals surface area contributed by atoms with E-state index >= 15 is 0 Å². The Morgan fingerprint density at radius 2 is 2.16 bits per heavy atom. The Hall–Kier alpha value is -0.630. The predicted molar refractivity (Wildman–Crippen MR) is 86.0 cm³/mol. The Morgan fingerprint density at radius 3 is 2.74 bits per heavy atom. The maximum atomic E-state index is 12.1. The van der Waals surface area contributed by atoms with Gasteiger partial charge >= 0.3 is 0 Å². The lowest BCUT2D eigenvalue weighted by Crippen LogP contribution is -2.30. The van der Waals surface area contributed by atoms with E-state index in [0.717, 1.165) is 5.75 Å². The summed E-state index contributed by atoms with van der Waals surface area (Å²) in [5, 5.41) is 0. The van der Waals surface area contributed by atoms with Crippen molar-refractivity contribution in [3.8, 4) is 0 Å². The molecule has 0 spiro atoms. The second-order valence-electron chi connectivity index (χ2n) is 4.14. The van der Waals surface area contributed by atoms with E-state index in [-0.39, 0.29) is 10.7 Å². The van der Waals surface area contributed by atoms with Crippen molar-refractivity contribution in [1.29, 1.82) is 0 Å². The monoisotopic (exact) mass is 318 g/mol. The zero-order chi connectivity index (χ0) is 14.5. The van der Waals surface area contributed by atoms with Gasteiger partial charge in [0.1, 0.15) is 4.99 Å². The molecule has 0 aliphatic heterocycles.